The predicted molar refractivity (Wildman–Crippen MR) is 53.4 cm³/mol. The highest BCUT2D eigenvalue weighted by molar-refractivity contribution is 5.29. The molecule has 89 valence electrons. The topological polar surface area (TPSA) is 37.9 Å². The molecule has 1 aromatic carbocycles. The van der Waals surface area contributed by atoms with E-state index in [0.29, 0.717) is 12.1 Å². The molecule has 0 fully saturated rings. The van der Waals surface area contributed by atoms with Crippen LogP contribution in [-0.4, -0.2) is 16.6 Å². The number of ether oxygens (including phenoxy) is 1. The predicted octanol–water partition coefficient (Wildman–Crippen LogP) is 2.70. The summed E-state index contributed by atoms with van der Waals surface area (Å²) < 4.78 is 39.5. The van der Waals surface area contributed by atoms with Crippen molar-refractivity contribution in [1.82, 2.24) is 10.2 Å². The zero-order valence-corrected chi connectivity index (χ0v) is 8.58. The molecule has 2 rings (SSSR count). The number of H-pyrrole nitrogens is 1. The Balaban J connectivity index is 2.03. The summed E-state index contributed by atoms with van der Waals surface area (Å²) in [7, 11) is 0. The van der Waals surface area contributed by atoms with Gasteiger partial charge in [-0.15, -0.1) is 13.2 Å². The zero-order chi connectivity index (χ0) is 12.3. The molecule has 3 nitrogen and oxygen atoms in total. The summed E-state index contributed by atoms with van der Waals surface area (Å²) >= 11 is 0. The molecule has 0 atom stereocenters. The maximum Gasteiger partial charge on any atom is 0.573 e. The minimum atomic E-state index is -4.66. The maximum atomic E-state index is 11.9. The molecule has 2 aromatic rings. The van der Waals surface area contributed by atoms with Crippen LogP contribution in [0.3, 0.4) is 0 Å². The fraction of sp³-hybridized carbons (Fsp3) is 0.182. The minimum Gasteiger partial charge on any atom is -0.406 e. The van der Waals surface area contributed by atoms with E-state index in [4.69, 9.17) is 0 Å². The summed E-state index contributed by atoms with van der Waals surface area (Å²) in [5.74, 6) is -0.229. The van der Waals surface area contributed by atoms with Crippen LogP contribution in [0.4, 0.5) is 13.2 Å². The van der Waals surface area contributed by atoms with E-state index in [1.807, 2.05) is 0 Å². The molecule has 0 saturated heterocycles. The second kappa shape index (κ2) is 4.48. The molecule has 0 unspecified atom stereocenters. The average Bonchev–Trinajstić information content (AvgIpc) is 2.71. The van der Waals surface area contributed by atoms with Gasteiger partial charge in [-0.2, -0.15) is 5.10 Å². The molecule has 0 bridgehead atoms. The summed E-state index contributed by atoms with van der Waals surface area (Å²) in [5.41, 5.74) is 1.54. The van der Waals surface area contributed by atoms with Gasteiger partial charge >= 0.3 is 6.36 Å². The first-order valence-electron chi connectivity index (χ1n) is 4.78. The highest BCUT2D eigenvalue weighted by Gasteiger charge is 2.30. The van der Waals surface area contributed by atoms with Crippen LogP contribution in [0, 0.1) is 6.07 Å². The quantitative estimate of drug-likeness (QED) is 0.897. The summed E-state index contributed by atoms with van der Waals surface area (Å²) in [4.78, 5) is 0. The summed E-state index contributed by atoms with van der Waals surface area (Å²) in [6, 6.07) is 8.53. The largest absolute Gasteiger partial charge is 0.573 e. The Morgan fingerprint density at radius 1 is 1.24 bits per heavy atom. The van der Waals surface area contributed by atoms with Crippen LogP contribution in [-0.2, 0) is 6.42 Å². The molecule has 0 amide bonds. The van der Waals surface area contributed by atoms with Crippen molar-refractivity contribution in [3.8, 4) is 5.75 Å². The normalized spacial score (nSPS) is 11.5. The maximum absolute atomic E-state index is 11.9. The number of aromatic nitrogens is 2. The molecule has 1 heterocycles. The third kappa shape index (κ3) is 3.51. The molecule has 0 aliphatic rings. The van der Waals surface area contributed by atoms with Gasteiger partial charge < -0.3 is 4.74 Å². The summed E-state index contributed by atoms with van der Waals surface area (Å²) in [5, 5.41) is 6.51. The van der Waals surface area contributed by atoms with Gasteiger partial charge in [0.2, 0.25) is 0 Å². The van der Waals surface area contributed by atoms with Crippen molar-refractivity contribution in [1.29, 1.82) is 0 Å². The number of halogens is 3. The van der Waals surface area contributed by atoms with E-state index in [-0.39, 0.29) is 5.75 Å². The molecule has 1 radical (unpaired) electrons. The van der Waals surface area contributed by atoms with Crippen LogP contribution >= 0.6 is 0 Å². The number of nitrogens with zero attached hydrogens (tertiary/aromatic N) is 1. The lowest BCUT2D eigenvalue weighted by molar-refractivity contribution is -0.274. The highest BCUT2D eigenvalue weighted by Crippen LogP contribution is 2.23. The number of benzene rings is 1. The molecule has 17 heavy (non-hydrogen) atoms. The number of alkyl halides is 3. The van der Waals surface area contributed by atoms with E-state index in [2.05, 4.69) is 21.0 Å². The monoisotopic (exact) mass is 241 g/mol. The van der Waals surface area contributed by atoms with Gasteiger partial charge in [-0.3, -0.25) is 5.10 Å². The average molecular weight is 241 g/mol. The van der Waals surface area contributed by atoms with Crippen LogP contribution in [0.1, 0.15) is 11.3 Å². The van der Waals surface area contributed by atoms with Crippen molar-refractivity contribution >= 4 is 0 Å². The second-order valence-electron chi connectivity index (χ2n) is 3.34. The molecule has 0 aliphatic carbocycles. The van der Waals surface area contributed by atoms with Gasteiger partial charge in [-0.1, -0.05) is 12.1 Å². The Bertz CT molecular complexity index is 462. The molecule has 0 saturated carbocycles. The van der Waals surface area contributed by atoms with Gasteiger partial charge in [0, 0.05) is 18.7 Å². The lowest BCUT2D eigenvalue weighted by atomic mass is 10.1. The molecule has 1 aromatic heterocycles. The second-order valence-corrected chi connectivity index (χ2v) is 3.34. The number of nitrogens with one attached hydrogen (secondary N) is 1. The Kier molecular flexibility index (Phi) is 3.03. The minimum absolute atomic E-state index is 0.229. The van der Waals surface area contributed by atoms with Crippen LogP contribution in [0.25, 0.3) is 0 Å². The third-order valence-electron chi connectivity index (χ3n) is 2.03. The highest BCUT2D eigenvalue weighted by atomic mass is 19.4. The van der Waals surface area contributed by atoms with E-state index in [1.165, 1.54) is 12.1 Å². The molecule has 6 heteroatoms. The van der Waals surface area contributed by atoms with Crippen molar-refractivity contribution in [3.05, 3.63) is 47.8 Å². The molecule has 1 N–H and O–H groups in total. The van der Waals surface area contributed by atoms with Crippen LogP contribution in [0.15, 0.2) is 30.5 Å². The standard InChI is InChI=1S/C11H8F3N2O/c12-11(13,14)17-10-3-1-8(2-4-10)7-9-5-6-15-16-9/h1-4,6H,7H2,(H,15,16). The molecule has 0 spiro atoms. The number of hydrogen-bond donors (Lipinski definition) is 1. The number of hydrogen-bond acceptors (Lipinski definition) is 2. The van der Waals surface area contributed by atoms with Gasteiger partial charge in [0.15, 0.2) is 0 Å². The van der Waals surface area contributed by atoms with Crippen LogP contribution in [0.2, 0.25) is 0 Å². The lowest BCUT2D eigenvalue weighted by Gasteiger charge is -2.08. The lowest BCUT2D eigenvalue weighted by Crippen LogP contribution is -2.17. The fourth-order valence-corrected chi connectivity index (χ4v) is 1.35. The van der Waals surface area contributed by atoms with Gasteiger partial charge in [0.05, 0.1) is 5.69 Å². The smallest absolute Gasteiger partial charge is 0.406 e. The SMILES string of the molecule is FC(F)(F)Oc1ccc(Cc2[c]c[nH]n2)cc1. The molecular weight excluding hydrogens is 233 g/mol. The van der Waals surface area contributed by atoms with E-state index in [0.717, 1.165) is 5.56 Å². The summed E-state index contributed by atoms with van der Waals surface area (Å²) in [6.45, 7) is 0. The van der Waals surface area contributed by atoms with E-state index >= 15 is 0 Å². The van der Waals surface area contributed by atoms with E-state index in [9.17, 15) is 13.2 Å². The Hall–Kier alpha value is -1.98. The molecule has 0 aliphatic heterocycles. The van der Waals surface area contributed by atoms with Gasteiger partial charge in [0.1, 0.15) is 5.75 Å². The Morgan fingerprint density at radius 3 is 2.47 bits per heavy atom. The van der Waals surface area contributed by atoms with E-state index in [1.54, 1.807) is 18.3 Å². The van der Waals surface area contributed by atoms with Crippen LogP contribution < -0.4 is 4.74 Å². The van der Waals surface area contributed by atoms with Crippen molar-refractivity contribution in [2.45, 2.75) is 12.8 Å². The van der Waals surface area contributed by atoms with Crippen molar-refractivity contribution < 1.29 is 17.9 Å². The van der Waals surface area contributed by atoms with Crippen LogP contribution in [0.5, 0.6) is 5.75 Å². The Labute approximate surface area is 95.2 Å². The first kappa shape index (κ1) is 11.5. The molecular formula is C11H8F3N2O. The van der Waals surface area contributed by atoms with Crippen molar-refractivity contribution in [2.24, 2.45) is 0 Å². The van der Waals surface area contributed by atoms with Gasteiger partial charge in [-0.05, 0) is 17.7 Å². The van der Waals surface area contributed by atoms with E-state index < -0.39 is 6.36 Å². The van der Waals surface area contributed by atoms with Crippen molar-refractivity contribution in [2.75, 3.05) is 0 Å². The summed E-state index contributed by atoms with van der Waals surface area (Å²) in [6.07, 6.45) is -2.58. The fourth-order valence-electron chi connectivity index (χ4n) is 1.35. The Morgan fingerprint density at radius 2 is 1.94 bits per heavy atom. The van der Waals surface area contributed by atoms with Gasteiger partial charge in [-0.25, -0.2) is 0 Å². The number of aromatic amines is 1. The number of rotatable bonds is 3. The van der Waals surface area contributed by atoms with Crippen molar-refractivity contribution in [3.63, 3.8) is 0 Å². The van der Waals surface area contributed by atoms with Gasteiger partial charge in [0.25, 0.3) is 0 Å². The zero-order valence-electron chi connectivity index (χ0n) is 8.58. The first-order chi connectivity index (χ1) is 8.03. The first-order valence-corrected chi connectivity index (χ1v) is 4.78. The third-order valence-corrected chi connectivity index (χ3v) is 2.03.